The van der Waals surface area contributed by atoms with Gasteiger partial charge in [-0.3, -0.25) is 9.69 Å². The van der Waals surface area contributed by atoms with E-state index in [4.69, 9.17) is 14.2 Å². The molecule has 0 unspecified atom stereocenters. The fourth-order valence-corrected chi connectivity index (χ4v) is 3.55. The van der Waals surface area contributed by atoms with E-state index in [2.05, 4.69) is 10.2 Å². The van der Waals surface area contributed by atoms with E-state index >= 15 is 0 Å². The first kappa shape index (κ1) is 24.8. The highest BCUT2D eigenvalue weighted by atomic mass is 35.5. The highest BCUT2D eigenvalue weighted by Gasteiger charge is 2.33. The minimum Gasteiger partial charge on any atom is -0.497 e. The SMILES string of the molecule is COc1cc(CN2CCN(C(=O)[C@H]3NCCO[C@@H]3C)CC2)cc(OC)c1.Cl.Cl. The molecule has 3 rings (SSSR count). The number of amides is 1. The third-order valence-corrected chi connectivity index (χ3v) is 5.08. The van der Waals surface area contributed by atoms with Crippen molar-refractivity contribution in [3.63, 3.8) is 0 Å². The van der Waals surface area contributed by atoms with Gasteiger partial charge in [0.15, 0.2) is 0 Å². The molecule has 2 fully saturated rings. The quantitative estimate of drug-likeness (QED) is 0.756. The number of hydrogen-bond acceptors (Lipinski definition) is 6. The number of nitrogens with one attached hydrogen (secondary N) is 1. The lowest BCUT2D eigenvalue weighted by Gasteiger charge is -2.38. The second-order valence-corrected chi connectivity index (χ2v) is 6.83. The number of hydrogen-bond donors (Lipinski definition) is 1. The maximum absolute atomic E-state index is 12.7. The second kappa shape index (κ2) is 11.7. The summed E-state index contributed by atoms with van der Waals surface area (Å²) in [4.78, 5) is 17.0. The van der Waals surface area contributed by atoms with Crippen LogP contribution in [0.5, 0.6) is 11.5 Å². The maximum Gasteiger partial charge on any atom is 0.242 e. The average Bonchev–Trinajstić information content (AvgIpc) is 2.68. The van der Waals surface area contributed by atoms with Gasteiger partial charge >= 0.3 is 0 Å². The number of morpholine rings is 1. The minimum absolute atomic E-state index is 0. The van der Waals surface area contributed by atoms with Gasteiger partial charge in [0.05, 0.1) is 26.9 Å². The van der Waals surface area contributed by atoms with Gasteiger partial charge < -0.3 is 24.4 Å². The number of rotatable bonds is 5. The summed E-state index contributed by atoms with van der Waals surface area (Å²) in [5, 5.41) is 3.28. The molecule has 2 aliphatic rings. The van der Waals surface area contributed by atoms with Crippen molar-refractivity contribution >= 4 is 30.7 Å². The summed E-state index contributed by atoms with van der Waals surface area (Å²) in [6.45, 7) is 7.37. The van der Waals surface area contributed by atoms with Crippen molar-refractivity contribution in [2.45, 2.75) is 25.6 Å². The third kappa shape index (κ3) is 6.12. The Hall–Kier alpha value is -1.25. The van der Waals surface area contributed by atoms with Crippen molar-refractivity contribution in [3.05, 3.63) is 23.8 Å². The zero-order chi connectivity index (χ0) is 18.5. The van der Waals surface area contributed by atoms with Crippen LogP contribution >= 0.6 is 24.8 Å². The van der Waals surface area contributed by atoms with Crippen LogP contribution in [-0.2, 0) is 16.1 Å². The predicted molar refractivity (Wildman–Crippen MR) is 113 cm³/mol. The maximum atomic E-state index is 12.7. The highest BCUT2D eigenvalue weighted by molar-refractivity contribution is 5.85. The van der Waals surface area contributed by atoms with Crippen molar-refractivity contribution in [3.8, 4) is 11.5 Å². The topological polar surface area (TPSA) is 63.3 Å². The number of halogens is 2. The van der Waals surface area contributed by atoms with E-state index < -0.39 is 0 Å². The molecule has 28 heavy (non-hydrogen) atoms. The molecular formula is C19H31Cl2N3O4. The van der Waals surface area contributed by atoms with E-state index in [-0.39, 0.29) is 42.9 Å². The zero-order valence-corrected chi connectivity index (χ0v) is 18.3. The summed E-state index contributed by atoms with van der Waals surface area (Å²) in [6, 6.07) is 5.72. The Labute approximate surface area is 179 Å². The molecule has 0 saturated carbocycles. The summed E-state index contributed by atoms with van der Waals surface area (Å²) in [5.41, 5.74) is 1.15. The normalized spacial score (nSPS) is 22.6. The molecule has 0 bridgehead atoms. The van der Waals surface area contributed by atoms with Crippen LogP contribution in [0.4, 0.5) is 0 Å². The van der Waals surface area contributed by atoms with Crippen molar-refractivity contribution in [2.24, 2.45) is 0 Å². The number of carbonyl (C=O) groups excluding carboxylic acids is 1. The summed E-state index contributed by atoms with van der Waals surface area (Å²) in [7, 11) is 3.32. The Morgan fingerprint density at radius 2 is 1.71 bits per heavy atom. The van der Waals surface area contributed by atoms with Gasteiger partial charge in [-0.05, 0) is 24.6 Å². The molecule has 160 valence electrons. The van der Waals surface area contributed by atoms with Crippen LogP contribution < -0.4 is 14.8 Å². The minimum atomic E-state index is -0.224. The molecule has 2 saturated heterocycles. The van der Waals surface area contributed by atoms with Gasteiger partial charge in [-0.25, -0.2) is 0 Å². The van der Waals surface area contributed by atoms with E-state index in [9.17, 15) is 4.79 Å². The first-order valence-corrected chi connectivity index (χ1v) is 9.19. The molecule has 1 aromatic carbocycles. The molecule has 2 heterocycles. The van der Waals surface area contributed by atoms with Gasteiger partial charge in [-0.15, -0.1) is 24.8 Å². The van der Waals surface area contributed by atoms with E-state index in [0.29, 0.717) is 6.61 Å². The Morgan fingerprint density at radius 3 is 2.25 bits per heavy atom. The molecule has 0 radical (unpaired) electrons. The van der Waals surface area contributed by atoms with Crippen LogP contribution in [0.2, 0.25) is 0 Å². The Balaban J connectivity index is 0.00000196. The number of piperazine rings is 1. The first-order valence-electron chi connectivity index (χ1n) is 9.19. The first-order chi connectivity index (χ1) is 12.6. The summed E-state index contributed by atoms with van der Waals surface area (Å²) in [6.07, 6.45) is -0.0708. The van der Waals surface area contributed by atoms with Gasteiger partial charge in [0.25, 0.3) is 0 Å². The number of ether oxygens (including phenoxy) is 3. The number of benzene rings is 1. The van der Waals surface area contributed by atoms with Crippen molar-refractivity contribution in [1.82, 2.24) is 15.1 Å². The predicted octanol–water partition coefficient (Wildman–Crippen LogP) is 1.57. The Kier molecular flexibility index (Phi) is 10.3. The van der Waals surface area contributed by atoms with Crippen LogP contribution in [0.15, 0.2) is 18.2 Å². The highest BCUT2D eigenvalue weighted by Crippen LogP contribution is 2.24. The molecule has 7 nitrogen and oxygen atoms in total. The van der Waals surface area contributed by atoms with Crippen LogP contribution in [0.1, 0.15) is 12.5 Å². The third-order valence-electron chi connectivity index (χ3n) is 5.08. The van der Waals surface area contributed by atoms with E-state index in [0.717, 1.165) is 56.3 Å². The van der Waals surface area contributed by atoms with E-state index in [1.807, 2.05) is 30.0 Å². The summed E-state index contributed by atoms with van der Waals surface area (Å²) in [5.74, 6) is 1.75. The van der Waals surface area contributed by atoms with Crippen molar-refractivity contribution < 1.29 is 19.0 Å². The van der Waals surface area contributed by atoms with Gasteiger partial charge in [0.2, 0.25) is 5.91 Å². The van der Waals surface area contributed by atoms with Gasteiger partial charge in [-0.1, -0.05) is 0 Å². The van der Waals surface area contributed by atoms with Crippen molar-refractivity contribution in [2.75, 3.05) is 53.6 Å². The molecule has 0 aromatic heterocycles. The summed E-state index contributed by atoms with van der Waals surface area (Å²) < 4.78 is 16.3. The van der Waals surface area contributed by atoms with Gasteiger partial charge in [0, 0.05) is 45.3 Å². The monoisotopic (exact) mass is 435 g/mol. The van der Waals surface area contributed by atoms with E-state index in [1.54, 1.807) is 14.2 Å². The molecule has 2 atom stereocenters. The van der Waals surface area contributed by atoms with Crippen LogP contribution in [-0.4, -0.2) is 81.4 Å². The number of carbonyl (C=O) groups is 1. The lowest BCUT2D eigenvalue weighted by atomic mass is 10.1. The molecule has 1 aromatic rings. The van der Waals surface area contributed by atoms with Crippen LogP contribution in [0.25, 0.3) is 0 Å². The zero-order valence-electron chi connectivity index (χ0n) is 16.7. The summed E-state index contributed by atoms with van der Waals surface area (Å²) >= 11 is 0. The molecule has 9 heteroatoms. The standard InChI is InChI=1S/C19H29N3O4.2ClH/c1-14-18(20-4-9-26-14)19(23)22-7-5-21(6-8-22)13-15-10-16(24-2)12-17(11-15)25-3;;/h10-12,14,18,20H,4-9,13H2,1-3H3;2*1H/t14-,18+;;/m1../s1. The molecule has 0 aliphatic carbocycles. The molecule has 2 aliphatic heterocycles. The van der Waals surface area contributed by atoms with Crippen molar-refractivity contribution in [1.29, 1.82) is 0 Å². The molecule has 1 N–H and O–H groups in total. The van der Waals surface area contributed by atoms with Crippen LogP contribution in [0, 0.1) is 0 Å². The number of methoxy groups -OCH3 is 2. The van der Waals surface area contributed by atoms with Gasteiger partial charge in [0.1, 0.15) is 17.5 Å². The fourth-order valence-electron chi connectivity index (χ4n) is 3.55. The average molecular weight is 436 g/mol. The smallest absolute Gasteiger partial charge is 0.242 e. The number of nitrogens with zero attached hydrogens (tertiary/aromatic N) is 2. The lowest BCUT2D eigenvalue weighted by molar-refractivity contribution is -0.141. The van der Waals surface area contributed by atoms with Gasteiger partial charge in [-0.2, -0.15) is 0 Å². The van der Waals surface area contributed by atoms with Crippen LogP contribution in [0.3, 0.4) is 0 Å². The Bertz CT molecular complexity index is 605. The lowest BCUT2D eigenvalue weighted by Crippen LogP contribution is -2.59. The van der Waals surface area contributed by atoms with E-state index in [1.165, 1.54) is 0 Å². The molecule has 1 amide bonds. The molecular weight excluding hydrogens is 405 g/mol. The molecule has 0 spiro atoms. The second-order valence-electron chi connectivity index (χ2n) is 6.83. The largest absolute Gasteiger partial charge is 0.497 e. The fraction of sp³-hybridized carbons (Fsp3) is 0.632. The Morgan fingerprint density at radius 1 is 1.11 bits per heavy atom.